The average molecular weight is 103 g/mol. The first-order valence-electron chi connectivity index (χ1n) is 2.88. The Bertz CT molecular complexity index is 116. The summed E-state index contributed by atoms with van der Waals surface area (Å²) < 4.78 is 0. The topological polar surface area (TPSA) is 0 Å². The van der Waals surface area contributed by atoms with Crippen LogP contribution in [0.15, 0.2) is 11.6 Å². The van der Waals surface area contributed by atoms with Gasteiger partial charge in [-0.3, -0.25) is 0 Å². The Balaban J connectivity index is 1.95. The minimum atomic E-state index is 1.21. The van der Waals surface area contributed by atoms with Gasteiger partial charge in [-0.25, -0.2) is 0 Å². The monoisotopic (exact) mass is 103 g/mol. The molecule has 2 aliphatic rings. The zero-order chi connectivity index (χ0) is 5.40. The van der Waals surface area contributed by atoms with Gasteiger partial charge in [-0.1, -0.05) is 11.6 Å². The van der Waals surface area contributed by atoms with Crippen molar-refractivity contribution in [3.8, 4) is 0 Å². The summed E-state index contributed by atoms with van der Waals surface area (Å²) in [5.41, 5.74) is 1.51. The lowest BCUT2D eigenvalue weighted by Crippen LogP contribution is -1.85. The largest absolute Gasteiger partial charge is 0.0803 e. The van der Waals surface area contributed by atoms with Crippen molar-refractivity contribution in [1.82, 2.24) is 0 Å². The van der Waals surface area contributed by atoms with Crippen LogP contribution in [0.2, 0.25) is 0 Å². The molecule has 0 amide bonds. The van der Waals surface area contributed by atoms with Gasteiger partial charge in [0.1, 0.15) is 0 Å². The molecule has 39 valence electrons. The van der Waals surface area contributed by atoms with Crippen LogP contribution in [0.25, 0.3) is 0 Å². The highest BCUT2D eigenvalue weighted by atomic mass is 14.3. The van der Waals surface area contributed by atoms with Gasteiger partial charge in [0, 0.05) is 5.92 Å². The molecule has 0 aromatic heterocycles. The quantitative estimate of drug-likeness (QED) is 0.474. The highest BCUT2D eigenvalue weighted by Gasteiger charge is 2.24. The van der Waals surface area contributed by atoms with E-state index in [1.54, 1.807) is 0 Å². The molecule has 0 saturated heterocycles. The van der Waals surface area contributed by atoms with Crippen LogP contribution in [-0.4, -0.2) is 0 Å². The summed E-state index contributed by atoms with van der Waals surface area (Å²) in [4.78, 5) is 0. The van der Waals surface area contributed by atoms with Crippen molar-refractivity contribution in [2.24, 2.45) is 0 Å². The lowest BCUT2D eigenvalue weighted by molar-refractivity contribution is 1.29. The third-order valence-electron chi connectivity index (χ3n) is 1.44. The van der Waals surface area contributed by atoms with Crippen molar-refractivity contribution in [1.29, 1.82) is 0 Å². The molecule has 1 fully saturated rings. The van der Waals surface area contributed by atoms with Crippen molar-refractivity contribution >= 4 is 0 Å². The van der Waals surface area contributed by atoms with E-state index in [9.17, 15) is 0 Å². The lowest BCUT2D eigenvalue weighted by Gasteiger charge is -1.97. The minimum Gasteiger partial charge on any atom is -0.0803 e. The summed E-state index contributed by atoms with van der Waals surface area (Å²) in [6.07, 6.45) is 11.9. The smallest absolute Gasteiger partial charge is 0.00828 e. The number of rotatable bonds is 1. The van der Waals surface area contributed by atoms with Crippen molar-refractivity contribution in [3.63, 3.8) is 0 Å². The van der Waals surface area contributed by atoms with Crippen molar-refractivity contribution in [2.75, 3.05) is 0 Å². The molecule has 0 nitrogen and oxygen atoms in total. The first kappa shape index (κ1) is 4.60. The van der Waals surface area contributed by atoms with Crippen LogP contribution in [0.1, 0.15) is 6.42 Å². The maximum atomic E-state index is 2.25. The van der Waals surface area contributed by atoms with Gasteiger partial charge in [0.05, 0.1) is 0 Å². The zero-order valence-corrected chi connectivity index (χ0v) is 4.59. The van der Waals surface area contributed by atoms with Gasteiger partial charge < -0.3 is 0 Å². The van der Waals surface area contributed by atoms with Gasteiger partial charge in [-0.05, 0) is 32.1 Å². The second-order valence-electron chi connectivity index (χ2n) is 2.11. The van der Waals surface area contributed by atoms with E-state index in [0.717, 1.165) is 0 Å². The molecule has 5 radical (unpaired) electrons. The number of hydrogen-bond donors (Lipinski definition) is 0. The van der Waals surface area contributed by atoms with E-state index in [1.807, 2.05) is 0 Å². The van der Waals surface area contributed by atoms with E-state index in [0.29, 0.717) is 0 Å². The predicted octanol–water partition coefficient (Wildman–Crippen LogP) is 1.72. The second-order valence-corrected chi connectivity index (χ2v) is 2.11. The molecule has 8 heavy (non-hydrogen) atoms. The third-order valence-corrected chi connectivity index (χ3v) is 1.44. The molecular weight excluding hydrogens is 96.1 g/mol. The fourth-order valence-corrected chi connectivity index (χ4v) is 0.875. The molecule has 0 heteroatoms. The van der Waals surface area contributed by atoms with Gasteiger partial charge in [-0.15, -0.1) is 0 Å². The standard InChI is InChI=1S/C8H7/c1-2-4-7(3-1)8-5-6-8/h1-5H,6H2. The predicted molar refractivity (Wildman–Crippen MR) is 33.1 cm³/mol. The maximum absolute atomic E-state index is 2.25. The molecule has 0 unspecified atom stereocenters. The van der Waals surface area contributed by atoms with Gasteiger partial charge in [0.15, 0.2) is 0 Å². The van der Waals surface area contributed by atoms with Crippen LogP contribution in [0.4, 0.5) is 0 Å². The Kier molecular flexibility index (Phi) is 0.927. The molecule has 2 rings (SSSR count). The Morgan fingerprint density at radius 2 is 1.75 bits per heavy atom. The fourth-order valence-electron chi connectivity index (χ4n) is 0.875. The molecule has 0 N–H and O–H groups in total. The number of allylic oxidation sites excluding steroid dienone is 2. The lowest BCUT2D eigenvalue weighted by atomic mass is 10.1. The van der Waals surface area contributed by atoms with Gasteiger partial charge in [-0.2, -0.15) is 0 Å². The summed E-state index contributed by atoms with van der Waals surface area (Å²) in [5.74, 6) is 1.41. The molecule has 0 bridgehead atoms. The summed E-state index contributed by atoms with van der Waals surface area (Å²) in [6, 6.07) is 0. The first-order valence-corrected chi connectivity index (χ1v) is 2.88. The van der Waals surface area contributed by atoms with Crippen molar-refractivity contribution in [3.05, 3.63) is 43.3 Å². The fraction of sp³-hybridized carbons (Fsp3) is 0.125. The van der Waals surface area contributed by atoms with Gasteiger partial charge in [0.25, 0.3) is 0 Å². The van der Waals surface area contributed by atoms with E-state index in [1.165, 1.54) is 17.9 Å². The molecule has 0 heterocycles. The van der Waals surface area contributed by atoms with Crippen LogP contribution in [0.3, 0.4) is 0 Å². The Labute approximate surface area is 50.6 Å². The second kappa shape index (κ2) is 1.61. The normalized spacial score (nSPS) is 28.2. The average Bonchev–Trinajstić information content (AvgIpc) is 2.49. The van der Waals surface area contributed by atoms with Crippen LogP contribution < -0.4 is 0 Å². The molecule has 0 atom stereocenters. The van der Waals surface area contributed by atoms with E-state index in [4.69, 9.17) is 0 Å². The minimum absolute atomic E-state index is 1.21. The SMILES string of the molecule is [CH]1[CH][CH][C](C2=CC2)[CH]1. The highest BCUT2D eigenvalue weighted by Crippen LogP contribution is 2.38. The summed E-state index contributed by atoms with van der Waals surface area (Å²) in [6.45, 7) is 0. The molecule has 0 aliphatic heterocycles. The zero-order valence-electron chi connectivity index (χ0n) is 4.59. The molecular formula is C8H7. The molecule has 0 aromatic carbocycles. The van der Waals surface area contributed by atoms with Crippen molar-refractivity contribution < 1.29 is 0 Å². The van der Waals surface area contributed by atoms with E-state index in [-0.39, 0.29) is 0 Å². The van der Waals surface area contributed by atoms with Crippen LogP contribution in [0, 0.1) is 31.6 Å². The van der Waals surface area contributed by atoms with E-state index >= 15 is 0 Å². The van der Waals surface area contributed by atoms with Crippen molar-refractivity contribution in [2.45, 2.75) is 6.42 Å². The van der Waals surface area contributed by atoms with Crippen LogP contribution in [0.5, 0.6) is 0 Å². The Morgan fingerprint density at radius 3 is 2.25 bits per heavy atom. The number of hydrogen-bond acceptors (Lipinski definition) is 0. The van der Waals surface area contributed by atoms with Gasteiger partial charge in [0.2, 0.25) is 0 Å². The first-order chi connectivity index (χ1) is 3.97. The molecule has 2 aliphatic carbocycles. The van der Waals surface area contributed by atoms with Crippen LogP contribution >= 0.6 is 0 Å². The summed E-state index contributed by atoms with van der Waals surface area (Å²) in [7, 11) is 0. The molecule has 1 saturated carbocycles. The third kappa shape index (κ3) is 0.683. The van der Waals surface area contributed by atoms with Gasteiger partial charge >= 0.3 is 0 Å². The van der Waals surface area contributed by atoms with E-state index in [2.05, 4.69) is 31.8 Å². The maximum Gasteiger partial charge on any atom is 0.00828 e. The highest BCUT2D eigenvalue weighted by molar-refractivity contribution is 5.53. The Morgan fingerprint density at radius 1 is 1.12 bits per heavy atom. The summed E-state index contributed by atoms with van der Waals surface area (Å²) >= 11 is 0. The molecule has 0 aromatic rings. The molecule has 0 spiro atoms. The Hall–Kier alpha value is -0.260. The summed E-state index contributed by atoms with van der Waals surface area (Å²) in [5, 5.41) is 0. The van der Waals surface area contributed by atoms with E-state index < -0.39 is 0 Å². The van der Waals surface area contributed by atoms with Crippen LogP contribution in [-0.2, 0) is 0 Å².